The summed E-state index contributed by atoms with van der Waals surface area (Å²) < 4.78 is 6.51. The minimum Gasteiger partial charge on any atom is -0.477 e. The molecule has 78 valence electrons. The summed E-state index contributed by atoms with van der Waals surface area (Å²) in [6.07, 6.45) is 0.640. The van der Waals surface area contributed by atoms with Crippen LogP contribution in [0.15, 0.2) is 6.07 Å². The molecule has 1 aromatic rings. The number of methoxy groups -OCH3 is 1. The van der Waals surface area contributed by atoms with Crippen LogP contribution in [-0.4, -0.2) is 28.0 Å². The molecule has 5 nitrogen and oxygen atoms in total. The molecule has 0 fully saturated rings. The number of hydrogen-bond acceptors (Lipinski definition) is 3. The van der Waals surface area contributed by atoms with E-state index in [0.29, 0.717) is 5.69 Å². The third kappa shape index (κ3) is 1.93. The van der Waals surface area contributed by atoms with Gasteiger partial charge in [-0.15, -0.1) is 0 Å². The molecule has 0 aliphatic rings. The molecular formula is C9H14N2O3. The first-order valence-electron chi connectivity index (χ1n) is 4.40. The van der Waals surface area contributed by atoms with Crippen molar-refractivity contribution in [2.24, 2.45) is 7.05 Å². The van der Waals surface area contributed by atoms with E-state index in [4.69, 9.17) is 9.84 Å². The number of hydrogen-bond donors (Lipinski definition) is 1. The van der Waals surface area contributed by atoms with Gasteiger partial charge in [0.25, 0.3) is 0 Å². The van der Waals surface area contributed by atoms with Gasteiger partial charge in [0.1, 0.15) is 11.8 Å². The summed E-state index contributed by atoms with van der Waals surface area (Å²) >= 11 is 0. The lowest BCUT2D eigenvalue weighted by Crippen LogP contribution is -2.05. The SMILES string of the molecule is CCC(OC)c1cc(C(=O)O)n(C)n1. The lowest BCUT2D eigenvalue weighted by atomic mass is 10.2. The Hall–Kier alpha value is -1.36. The van der Waals surface area contributed by atoms with Crippen molar-refractivity contribution in [1.29, 1.82) is 0 Å². The van der Waals surface area contributed by atoms with Crippen LogP contribution in [0.2, 0.25) is 0 Å². The molecule has 5 heteroatoms. The van der Waals surface area contributed by atoms with E-state index in [1.807, 2.05) is 6.92 Å². The Labute approximate surface area is 82.3 Å². The van der Waals surface area contributed by atoms with Crippen LogP contribution in [0.5, 0.6) is 0 Å². The summed E-state index contributed by atoms with van der Waals surface area (Å²) in [4.78, 5) is 10.7. The molecule has 1 N–H and O–H groups in total. The Kier molecular flexibility index (Phi) is 3.24. The average Bonchev–Trinajstić information content (AvgIpc) is 2.50. The van der Waals surface area contributed by atoms with Gasteiger partial charge in [-0.05, 0) is 12.5 Å². The highest BCUT2D eigenvalue weighted by Crippen LogP contribution is 2.19. The number of carboxylic acids is 1. The van der Waals surface area contributed by atoms with Crippen molar-refractivity contribution in [3.8, 4) is 0 Å². The second kappa shape index (κ2) is 4.23. The molecule has 0 aromatic carbocycles. The van der Waals surface area contributed by atoms with Gasteiger partial charge in [-0.3, -0.25) is 4.68 Å². The Bertz CT molecular complexity index is 329. The molecule has 0 aliphatic heterocycles. The van der Waals surface area contributed by atoms with E-state index in [1.165, 1.54) is 4.68 Å². The Morgan fingerprint density at radius 1 is 1.79 bits per heavy atom. The fourth-order valence-electron chi connectivity index (χ4n) is 1.34. The van der Waals surface area contributed by atoms with Crippen molar-refractivity contribution in [1.82, 2.24) is 9.78 Å². The second-order valence-corrected chi connectivity index (χ2v) is 3.02. The van der Waals surface area contributed by atoms with Crippen molar-refractivity contribution in [3.63, 3.8) is 0 Å². The van der Waals surface area contributed by atoms with Crippen molar-refractivity contribution in [2.75, 3.05) is 7.11 Å². The van der Waals surface area contributed by atoms with Gasteiger partial charge in [0.2, 0.25) is 0 Å². The second-order valence-electron chi connectivity index (χ2n) is 3.02. The largest absolute Gasteiger partial charge is 0.477 e. The Morgan fingerprint density at radius 3 is 2.79 bits per heavy atom. The number of carbonyl (C=O) groups is 1. The molecule has 1 rings (SSSR count). The van der Waals surface area contributed by atoms with Crippen molar-refractivity contribution in [2.45, 2.75) is 19.4 Å². The molecule has 0 aliphatic carbocycles. The van der Waals surface area contributed by atoms with Crippen LogP contribution in [0.4, 0.5) is 0 Å². The first-order chi connectivity index (χ1) is 6.60. The summed E-state index contributed by atoms with van der Waals surface area (Å²) in [6.45, 7) is 1.96. The quantitative estimate of drug-likeness (QED) is 0.789. The zero-order valence-corrected chi connectivity index (χ0v) is 8.52. The average molecular weight is 198 g/mol. The fraction of sp³-hybridized carbons (Fsp3) is 0.556. The Balaban J connectivity index is 3.01. The molecule has 1 unspecified atom stereocenters. The maximum atomic E-state index is 10.7. The smallest absolute Gasteiger partial charge is 0.354 e. The van der Waals surface area contributed by atoms with Crippen molar-refractivity contribution < 1.29 is 14.6 Å². The van der Waals surface area contributed by atoms with Gasteiger partial charge in [0, 0.05) is 14.2 Å². The predicted molar refractivity (Wildman–Crippen MR) is 50.2 cm³/mol. The summed E-state index contributed by atoms with van der Waals surface area (Å²) in [5.74, 6) is -0.975. The van der Waals surface area contributed by atoms with Gasteiger partial charge < -0.3 is 9.84 Å². The van der Waals surface area contributed by atoms with E-state index in [-0.39, 0.29) is 11.8 Å². The summed E-state index contributed by atoms with van der Waals surface area (Å²) in [5, 5.41) is 12.9. The van der Waals surface area contributed by atoms with Crippen LogP contribution in [-0.2, 0) is 11.8 Å². The van der Waals surface area contributed by atoms with Crippen LogP contribution in [0.25, 0.3) is 0 Å². The Morgan fingerprint density at radius 2 is 2.43 bits per heavy atom. The highest BCUT2D eigenvalue weighted by atomic mass is 16.5. The van der Waals surface area contributed by atoms with Crippen molar-refractivity contribution in [3.05, 3.63) is 17.5 Å². The fourth-order valence-corrected chi connectivity index (χ4v) is 1.34. The highest BCUT2D eigenvalue weighted by molar-refractivity contribution is 5.85. The van der Waals surface area contributed by atoms with Gasteiger partial charge in [-0.2, -0.15) is 5.10 Å². The molecule has 0 spiro atoms. The molecule has 0 amide bonds. The van der Waals surface area contributed by atoms with Crippen LogP contribution < -0.4 is 0 Å². The van der Waals surface area contributed by atoms with E-state index in [1.54, 1.807) is 20.2 Å². The first kappa shape index (κ1) is 10.7. The van der Waals surface area contributed by atoms with Crippen LogP contribution >= 0.6 is 0 Å². The first-order valence-corrected chi connectivity index (χ1v) is 4.40. The van der Waals surface area contributed by atoms with Gasteiger partial charge in [0.15, 0.2) is 0 Å². The topological polar surface area (TPSA) is 64.3 Å². The maximum Gasteiger partial charge on any atom is 0.354 e. The summed E-state index contributed by atoms with van der Waals surface area (Å²) in [6, 6.07) is 1.54. The molecule has 1 atom stereocenters. The minimum atomic E-state index is -0.975. The zero-order chi connectivity index (χ0) is 10.7. The van der Waals surface area contributed by atoms with Gasteiger partial charge >= 0.3 is 5.97 Å². The summed E-state index contributed by atoms with van der Waals surface area (Å²) in [5.41, 5.74) is 0.838. The number of aromatic carboxylic acids is 1. The van der Waals surface area contributed by atoms with Gasteiger partial charge in [0.05, 0.1) is 5.69 Å². The molecular weight excluding hydrogens is 184 g/mol. The van der Waals surface area contributed by atoms with E-state index >= 15 is 0 Å². The standard InChI is InChI=1S/C9H14N2O3/c1-4-8(14-3)6-5-7(9(12)13)11(2)10-6/h5,8H,4H2,1-3H3,(H,12,13). The molecule has 1 aromatic heterocycles. The summed E-state index contributed by atoms with van der Waals surface area (Å²) in [7, 11) is 3.19. The highest BCUT2D eigenvalue weighted by Gasteiger charge is 2.17. The third-order valence-corrected chi connectivity index (χ3v) is 2.10. The van der Waals surface area contributed by atoms with Crippen molar-refractivity contribution >= 4 is 5.97 Å². The number of nitrogens with zero attached hydrogens (tertiary/aromatic N) is 2. The number of aryl methyl sites for hydroxylation is 1. The number of rotatable bonds is 4. The number of aromatic nitrogens is 2. The third-order valence-electron chi connectivity index (χ3n) is 2.10. The van der Waals surface area contributed by atoms with Crippen LogP contribution in [0.3, 0.4) is 0 Å². The molecule has 1 heterocycles. The lowest BCUT2D eigenvalue weighted by molar-refractivity contribution is 0.0685. The molecule has 14 heavy (non-hydrogen) atoms. The number of ether oxygens (including phenoxy) is 1. The van der Waals surface area contributed by atoms with Gasteiger partial charge in [-0.25, -0.2) is 4.79 Å². The lowest BCUT2D eigenvalue weighted by Gasteiger charge is -2.08. The molecule has 0 saturated heterocycles. The normalized spacial score (nSPS) is 12.8. The monoisotopic (exact) mass is 198 g/mol. The van der Waals surface area contributed by atoms with E-state index in [9.17, 15) is 4.79 Å². The zero-order valence-electron chi connectivity index (χ0n) is 8.52. The van der Waals surface area contributed by atoms with E-state index in [2.05, 4.69) is 5.10 Å². The maximum absolute atomic E-state index is 10.7. The van der Waals surface area contributed by atoms with Crippen LogP contribution in [0.1, 0.15) is 35.6 Å². The number of carboxylic acid groups (broad SMARTS) is 1. The molecule has 0 radical (unpaired) electrons. The molecule has 0 saturated carbocycles. The molecule has 0 bridgehead atoms. The van der Waals surface area contributed by atoms with E-state index in [0.717, 1.165) is 6.42 Å². The van der Waals surface area contributed by atoms with Crippen LogP contribution in [0, 0.1) is 0 Å². The predicted octanol–water partition coefficient (Wildman–Crippen LogP) is 1.22. The van der Waals surface area contributed by atoms with Gasteiger partial charge in [-0.1, -0.05) is 6.92 Å². The van der Waals surface area contributed by atoms with E-state index < -0.39 is 5.97 Å². The minimum absolute atomic E-state index is 0.130.